The maximum Gasteiger partial charge on any atom is 0.265 e. The zero-order valence-electron chi connectivity index (χ0n) is 13.0. The van der Waals surface area contributed by atoms with Gasteiger partial charge in [-0.2, -0.15) is 4.98 Å². The van der Waals surface area contributed by atoms with Gasteiger partial charge >= 0.3 is 0 Å². The number of carbonyl (C=O) groups excluding carboxylic acids is 1. The zero-order valence-corrected chi connectivity index (χ0v) is 13.8. The number of ether oxygens (including phenoxy) is 2. The fourth-order valence-electron chi connectivity index (χ4n) is 1.69. The van der Waals surface area contributed by atoms with Gasteiger partial charge in [-0.1, -0.05) is 11.2 Å². The van der Waals surface area contributed by atoms with Gasteiger partial charge in [-0.25, -0.2) is 0 Å². The van der Waals surface area contributed by atoms with E-state index in [0.717, 1.165) is 10.6 Å². The third kappa shape index (κ3) is 4.68. The van der Waals surface area contributed by atoms with Crippen molar-refractivity contribution in [2.75, 3.05) is 26.1 Å². The molecule has 0 spiro atoms. The molecule has 122 valence electrons. The molecule has 0 fully saturated rings. The Morgan fingerprint density at radius 1 is 1.30 bits per heavy atom. The van der Waals surface area contributed by atoms with Crippen molar-refractivity contribution >= 4 is 28.6 Å². The highest BCUT2D eigenvalue weighted by Crippen LogP contribution is 2.24. The summed E-state index contributed by atoms with van der Waals surface area (Å²) < 4.78 is 10.1. The number of pyridine rings is 1. The van der Waals surface area contributed by atoms with Crippen molar-refractivity contribution in [1.82, 2.24) is 4.98 Å². The normalized spacial score (nSPS) is 11.0. The number of hydrogen-bond acceptors (Lipinski definition) is 7. The number of amides is 1. The smallest absolute Gasteiger partial charge is 0.265 e. The predicted molar refractivity (Wildman–Crippen MR) is 88.5 cm³/mol. The number of hydrogen-bond donors (Lipinski definition) is 1. The zero-order chi connectivity index (χ0) is 16.7. The molecule has 0 bridgehead atoms. The number of methoxy groups -OCH3 is 2. The Morgan fingerprint density at radius 3 is 2.78 bits per heavy atom. The molecule has 0 radical (unpaired) electrons. The lowest BCUT2D eigenvalue weighted by molar-refractivity contribution is -0.120. The van der Waals surface area contributed by atoms with Crippen LogP contribution in [0.3, 0.4) is 0 Å². The van der Waals surface area contributed by atoms with Crippen molar-refractivity contribution in [2.45, 2.75) is 6.92 Å². The first-order chi connectivity index (χ1) is 11.1. The summed E-state index contributed by atoms with van der Waals surface area (Å²) in [7, 11) is 2.96. The van der Waals surface area contributed by atoms with Crippen molar-refractivity contribution < 1.29 is 19.1 Å². The number of nitrogens with one attached hydrogen (secondary N) is 1. The van der Waals surface area contributed by atoms with Crippen LogP contribution in [0.2, 0.25) is 0 Å². The van der Waals surface area contributed by atoms with Crippen LogP contribution in [0.25, 0.3) is 0 Å². The fourth-order valence-corrected chi connectivity index (χ4v) is 2.36. The van der Waals surface area contributed by atoms with Gasteiger partial charge in [-0.05, 0) is 24.4 Å². The van der Waals surface area contributed by atoms with E-state index in [0.29, 0.717) is 11.6 Å². The third-order valence-corrected chi connectivity index (χ3v) is 3.76. The van der Waals surface area contributed by atoms with Gasteiger partial charge in [0.1, 0.15) is 5.69 Å². The summed E-state index contributed by atoms with van der Waals surface area (Å²) in [6.07, 6.45) is 0. The molecule has 0 saturated carbocycles. The molecule has 0 aliphatic rings. The molecule has 7 nitrogen and oxygen atoms in total. The second-order valence-corrected chi connectivity index (χ2v) is 5.33. The molecule has 0 atom stereocenters. The van der Waals surface area contributed by atoms with E-state index >= 15 is 0 Å². The molecule has 0 unspecified atom stereocenters. The van der Waals surface area contributed by atoms with Gasteiger partial charge in [0, 0.05) is 6.07 Å². The Labute approximate surface area is 137 Å². The summed E-state index contributed by atoms with van der Waals surface area (Å²) in [6, 6.07) is 7.12. The molecule has 0 aliphatic heterocycles. The number of carbonyl (C=O) groups is 1. The second kappa shape index (κ2) is 8.14. The van der Waals surface area contributed by atoms with Crippen LogP contribution in [0, 0.1) is 0 Å². The molecule has 2 rings (SSSR count). The Kier molecular flexibility index (Phi) is 5.93. The van der Waals surface area contributed by atoms with Gasteiger partial charge < -0.3 is 19.6 Å². The fraction of sp³-hybridized carbons (Fsp3) is 0.267. The van der Waals surface area contributed by atoms with Gasteiger partial charge in [0.25, 0.3) is 5.91 Å². The van der Waals surface area contributed by atoms with E-state index in [1.807, 2.05) is 24.4 Å². The molecule has 8 heteroatoms. The summed E-state index contributed by atoms with van der Waals surface area (Å²) in [5.41, 5.74) is 1.15. The highest BCUT2D eigenvalue weighted by atomic mass is 32.1. The average molecular weight is 335 g/mol. The first-order valence-electron chi connectivity index (χ1n) is 6.73. The number of oxime groups is 1. The molecule has 0 aliphatic carbocycles. The molecule has 0 aromatic carbocycles. The Balaban J connectivity index is 1.91. The second-order valence-electron chi connectivity index (χ2n) is 4.39. The minimum Gasteiger partial charge on any atom is -0.481 e. The summed E-state index contributed by atoms with van der Waals surface area (Å²) >= 11 is 1.55. The molecule has 1 N–H and O–H groups in total. The van der Waals surface area contributed by atoms with E-state index in [2.05, 4.69) is 15.5 Å². The molecule has 0 saturated heterocycles. The van der Waals surface area contributed by atoms with Crippen molar-refractivity contribution in [3.8, 4) is 11.8 Å². The standard InChI is InChI=1S/C15H17N3O4S/c1-10(12-5-4-8-23-12)18-22-9-13(19)16-11-6-7-14(20-2)17-15(11)21-3/h4-8H,9H2,1-3H3,(H,16,19). The van der Waals surface area contributed by atoms with Crippen LogP contribution in [0.1, 0.15) is 11.8 Å². The lowest BCUT2D eigenvalue weighted by atomic mass is 10.3. The van der Waals surface area contributed by atoms with E-state index in [1.54, 1.807) is 23.5 Å². The van der Waals surface area contributed by atoms with Crippen LogP contribution in [-0.2, 0) is 9.63 Å². The van der Waals surface area contributed by atoms with Gasteiger partial charge in [-0.15, -0.1) is 11.3 Å². The summed E-state index contributed by atoms with van der Waals surface area (Å²) in [5, 5.41) is 8.51. The van der Waals surface area contributed by atoms with Crippen LogP contribution in [0.15, 0.2) is 34.8 Å². The first-order valence-corrected chi connectivity index (χ1v) is 7.61. The lowest BCUT2D eigenvalue weighted by Gasteiger charge is -2.10. The number of aromatic nitrogens is 1. The van der Waals surface area contributed by atoms with Gasteiger partial charge in [-0.3, -0.25) is 4.79 Å². The lowest BCUT2D eigenvalue weighted by Crippen LogP contribution is -2.18. The highest BCUT2D eigenvalue weighted by molar-refractivity contribution is 7.12. The van der Waals surface area contributed by atoms with Crippen molar-refractivity contribution in [3.63, 3.8) is 0 Å². The SMILES string of the molecule is COc1ccc(NC(=O)CON=C(C)c2cccs2)c(OC)n1. The number of thiophene rings is 1. The average Bonchev–Trinajstić information content (AvgIpc) is 3.09. The van der Waals surface area contributed by atoms with Crippen LogP contribution < -0.4 is 14.8 Å². The van der Waals surface area contributed by atoms with Gasteiger partial charge in [0.2, 0.25) is 11.8 Å². The quantitative estimate of drug-likeness (QED) is 0.621. The highest BCUT2D eigenvalue weighted by Gasteiger charge is 2.11. The van der Waals surface area contributed by atoms with E-state index in [-0.39, 0.29) is 18.4 Å². The van der Waals surface area contributed by atoms with Crippen LogP contribution in [-0.4, -0.2) is 37.4 Å². The third-order valence-electron chi connectivity index (χ3n) is 2.79. The van der Waals surface area contributed by atoms with Crippen LogP contribution in [0.4, 0.5) is 5.69 Å². The maximum atomic E-state index is 11.9. The monoisotopic (exact) mass is 335 g/mol. The minimum absolute atomic E-state index is 0.210. The molecule has 2 heterocycles. The van der Waals surface area contributed by atoms with Crippen molar-refractivity contribution in [3.05, 3.63) is 34.5 Å². The number of anilines is 1. The number of rotatable bonds is 7. The van der Waals surface area contributed by atoms with Gasteiger partial charge in [0.05, 0.1) is 24.8 Å². The molecule has 2 aromatic heterocycles. The predicted octanol–water partition coefficient (Wildman–Crippen LogP) is 2.54. The van der Waals surface area contributed by atoms with E-state index in [1.165, 1.54) is 14.2 Å². The molecule has 2 aromatic rings. The Morgan fingerprint density at radius 2 is 2.13 bits per heavy atom. The summed E-state index contributed by atoms with van der Waals surface area (Å²) in [6.45, 7) is 1.61. The van der Waals surface area contributed by atoms with E-state index in [9.17, 15) is 4.79 Å². The topological polar surface area (TPSA) is 82.0 Å². The first kappa shape index (κ1) is 16.8. The Bertz CT molecular complexity index is 686. The van der Waals surface area contributed by atoms with Crippen LogP contribution in [0.5, 0.6) is 11.8 Å². The van der Waals surface area contributed by atoms with E-state index in [4.69, 9.17) is 14.3 Å². The molecular formula is C15H17N3O4S. The maximum absolute atomic E-state index is 11.9. The van der Waals surface area contributed by atoms with E-state index < -0.39 is 0 Å². The van der Waals surface area contributed by atoms with Crippen molar-refractivity contribution in [1.29, 1.82) is 0 Å². The largest absolute Gasteiger partial charge is 0.481 e. The molecule has 1 amide bonds. The number of nitrogens with zero attached hydrogens (tertiary/aromatic N) is 2. The van der Waals surface area contributed by atoms with Crippen molar-refractivity contribution in [2.24, 2.45) is 5.16 Å². The molecular weight excluding hydrogens is 318 g/mol. The van der Waals surface area contributed by atoms with Gasteiger partial charge in [0.15, 0.2) is 6.61 Å². The minimum atomic E-state index is -0.363. The molecule has 23 heavy (non-hydrogen) atoms. The van der Waals surface area contributed by atoms with Crippen LogP contribution >= 0.6 is 11.3 Å². The Hall–Kier alpha value is -2.61. The summed E-state index contributed by atoms with van der Waals surface area (Å²) in [4.78, 5) is 22.0. The summed E-state index contributed by atoms with van der Waals surface area (Å²) in [5.74, 6) is 0.293.